The van der Waals surface area contributed by atoms with Gasteiger partial charge in [0.05, 0.1) is 25.8 Å². The molecule has 0 bridgehead atoms. The molecule has 0 saturated heterocycles. The van der Waals surface area contributed by atoms with Crippen molar-refractivity contribution < 1.29 is 18.8 Å². The fourth-order valence-corrected chi connectivity index (χ4v) is 4.33. The van der Waals surface area contributed by atoms with Crippen molar-refractivity contribution in [2.45, 2.75) is 26.8 Å². The highest BCUT2D eigenvalue weighted by atomic mass is 32.1. The van der Waals surface area contributed by atoms with E-state index in [0.29, 0.717) is 39.5 Å². The molecule has 1 aliphatic heterocycles. The second kappa shape index (κ2) is 9.56. The maximum absolute atomic E-state index is 13.6. The van der Waals surface area contributed by atoms with E-state index >= 15 is 0 Å². The van der Waals surface area contributed by atoms with Gasteiger partial charge in [-0.05, 0) is 68.4 Å². The lowest BCUT2D eigenvalue weighted by atomic mass is 9.93. The minimum atomic E-state index is -0.550. The zero-order valence-electron chi connectivity index (χ0n) is 19.6. The number of nitrogens with one attached hydrogen (secondary N) is 2. The minimum absolute atomic E-state index is 0.328. The van der Waals surface area contributed by atoms with Crippen LogP contribution in [-0.2, 0) is 4.79 Å². The number of hydrogen-bond acceptors (Lipinski definition) is 6. The molecule has 8 nitrogen and oxygen atoms in total. The van der Waals surface area contributed by atoms with Gasteiger partial charge in [-0.3, -0.25) is 9.69 Å². The zero-order chi connectivity index (χ0) is 24.4. The van der Waals surface area contributed by atoms with Gasteiger partial charge in [0, 0.05) is 23.5 Å². The van der Waals surface area contributed by atoms with E-state index in [4.69, 9.17) is 26.2 Å². The highest BCUT2D eigenvalue weighted by Gasteiger charge is 2.35. The summed E-state index contributed by atoms with van der Waals surface area (Å²) in [4.78, 5) is 15.5. The number of allylic oxidation sites excluding steroid dienone is 1. The number of methoxy groups -OCH3 is 2. The van der Waals surface area contributed by atoms with Crippen molar-refractivity contribution in [2.24, 2.45) is 0 Å². The SMILES string of the molecule is COc1cc(OC)cc([C@@H]2NC(=S)N(c3cccc(C)c3)C(C)=C2C(=O)Nc2cc(C)on2)c1. The summed E-state index contributed by atoms with van der Waals surface area (Å²) in [5.41, 5.74) is 3.88. The first-order valence-electron chi connectivity index (χ1n) is 10.7. The van der Waals surface area contributed by atoms with Crippen LogP contribution in [0.25, 0.3) is 0 Å². The monoisotopic (exact) mass is 478 g/mol. The molecule has 0 aliphatic carbocycles. The molecule has 2 aromatic carbocycles. The molecule has 0 saturated carbocycles. The molecule has 0 fully saturated rings. The smallest absolute Gasteiger partial charge is 0.257 e. The maximum Gasteiger partial charge on any atom is 0.257 e. The predicted octanol–water partition coefficient (Wildman–Crippen LogP) is 4.66. The van der Waals surface area contributed by atoms with Crippen LogP contribution in [0.15, 0.2) is 64.3 Å². The third-order valence-electron chi connectivity index (χ3n) is 5.57. The molecule has 1 atom stereocenters. The minimum Gasteiger partial charge on any atom is -0.497 e. The molecule has 1 amide bonds. The number of aromatic nitrogens is 1. The summed E-state index contributed by atoms with van der Waals surface area (Å²) < 4.78 is 16.0. The van der Waals surface area contributed by atoms with E-state index in [9.17, 15) is 4.79 Å². The lowest BCUT2D eigenvalue weighted by molar-refractivity contribution is -0.113. The number of benzene rings is 2. The quantitative estimate of drug-likeness (QED) is 0.495. The number of amides is 1. The standard InChI is InChI=1S/C25H26N4O4S/c1-14-7-6-8-18(9-14)29-16(3)22(24(30)26-21-10-15(2)33-28-21)23(27-25(29)34)17-11-19(31-4)13-20(12-17)32-5/h6-13,23H,1-5H3,(H,27,34)(H,26,28,30)/t23-/m0/s1. The summed E-state index contributed by atoms with van der Waals surface area (Å²) in [7, 11) is 3.16. The Labute approximate surface area is 203 Å². The van der Waals surface area contributed by atoms with Gasteiger partial charge in [-0.15, -0.1) is 0 Å². The Morgan fingerprint density at radius 1 is 1.09 bits per heavy atom. The molecular weight excluding hydrogens is 452 g/mol. The van der Waals surface area contributed by atoms with Crippen LogP contribution in [-0.4, -0.2) is 30.4 Å². The first-order chi connectivity index (χ1) is 16.3. The summed E-state index contributed by atoms with van der Waals surface area (Å²) in [6.07, 6.45) is 0. The van der Waals surface area contributed by atoms with Crippen molar-refractivity contribution in [2.75, 3.05) is 24.4 Å². The number of thiocarbonyl (C=S) groups is 1. The highest BCUT2D eigenvalue weighted by molar-refractivity contribution is 7.80. The van der Waals surface area contributed by atoms with Crippen LogP contribution < -0.4 is 25.0 Å². The first-order valence-corrected chi connectivity index (χ1v) is 11.1. The van der Waals surface area contributed by atoms with Gasteiger partial charge in [0.15, 0.2) is 10.9 Å². The second-order valence-electron chi connectivity index (χ2n) is 7.98. The molecule has 1 aromatic heterocycles. The lowest BCUT2D eigenvalue weighted by Crippen LogP contribution is -2.48. The molecule has 0 radical (unpaired) electrons. The van der Waals surface area contributed by atoms with E-state index in [1.165, 1.54) is 0 Å². The Morgan fingerprint density at radius 2 is 1.79 bits per heavy atom. The van der Waals surface area contributed by atoms with Crippen molar-refractivity contribution in [1.82, 2.24) is 10.5 Å². The summed E-state index contributed by atoms with van der Waals surface area (Å²) in [6, 6.07) is 14.5. The van der Waals surface area contributed by atoms with E-state index < -0.39 is 6.04 Å². The fourth-order valence-electron chi connectivity index (χ4n) is 3.97. The van der Waals surface area contributed by atoms with Crippen LogP contribution in [0.1, 0.15) is 29.9 Å². The van der Waals surface area contributed by atoms with Crippen LogP contribution >= 0.6 is 12.2 Å². The molecule has 0 spiro atoms. The van der Waals surface area contributed by atoms with Gasteiger partial charge >= 0.3 is 0 Å². The van der Waals surface area contributed by atoms with Crippen molar-refractivity contribution in [1.29, 1.82) is 0 Å². The van der Waals surface area contributed by atoms with E-state index in [-0.39, 0.29) is 5.91 Å². The van der Waals surface area contributed by atoms with Crippen molar-refractivity contribution in [3.63, 3.8) is 0 Å². The molecule has 176 valence electrons. The van der Waals surface area contributed by atoms with Gasteiger partial charge in [0.1, 0.15) is 17.3 Å². The van der Waals surface area contributed by atoms with Crippen molar-refractivity contribution >= 4 is 34.7 Å². The molecule has 2 N–H and O–H groups in total. The predicted molar refractivity (Wildman–Crippen MR) is 134 cm³/mol. The van der Waals surface area contributed by atoms with E-state index in [2.05, 4.69) is 15.8 Å². The number of nitrogens with zero attached hydrogens (tertiary/aromatic N) is 2. The number of aryl methyl sites for hydroxylation is 2. The van der Waals surface area contributed by atoms with Crippen molar-refractivity contribution in [3.8, 4) is 11.5 Å². The summed E-state index contributed by atoms with van der Waals surface area (Å²) in [5.74, 6) is 1.81. The lowest BCUT2D eigenvalue weighted by Gasteiger charge is -2.38. The van der Waals surface area contributed by atoms with Gasteiger partial charge < -0.3 is 24.6 Å². The summed E-state index contributed by atoms with van der Waals surface area (Å²) >= 11 is 5.76. The van der Waals surface area contributed by atoms with Crippen LogP contribution in [0.5, 0.6) is 11.5 Å². The summed E-state index contributed by atoms with van der Waals surface area (Å²) in [5, 5.41) is 10.6. The molecule has 0 unspecified atom stereocenters. The Kier molecular flexibility index (Phi) is 6.56. The first kappa shape index (κ1) is 23.3. The number of carbonyl (C=O) groups is 1. The molecule has 9 heteroatoms. The van der Waals surface area contributed by atoms with Gasteiger partial charge in [-0.25, -0.2) is 0 Å². The molecular formula is C25H26N4O4S. The number of ether oxygens (including phenoxy) is 2. The third-order valence-corrected chi connectivity index (χ3v) is 5.87. The number of anilines is 2. The van der Waals surface area contributed by atoms with E-state index in [0.717, 1.165) is 16.8 Å². The molecule has 3 aromatic rings. The van der Waals surface area contributed by atoms with E-state index in [1.807, 2.05) is 55.1 Å². The van der Waals surface area contributed by atoms with Gasteiger partial charge in [0.25, 0.3) is 5.91 Å². The fraction of sp³-hybridized carbons (Fsp3) is 0.240. The Morgan fingerprint density at radius 3 is 2.38 bits per heavy atom. The number of hydrogen-bond donors (Lipinski definition) is 2. The molecule has 34 heavy (non-hydrogen) atoms. The Bertz CT molecular complexity index is 1260. The third kappa shape index (κ3) is 4.60. The second-order valence-corrected chi connectivity index (χ2v) is 8.37. The Hall–Kier alpha value is -3.85. The van der Waals surface area contributed by atoms with Crippen LogP contribution in [0.4, 0.5) is 11.5 Å². The molecule has 4 rings (SSSR count). The average molecular weight is 479 g/mol. The van der Waals surface area contributed by atoms with Crippen LogP contribution in [0.2, 0.25) is 0 Å². The topological polar surface area (TPSA) is 88.9 Å². The van der Waals surface area contributed by atoms with Gasteiger partial charge in [0.2, 0.25) is 0 Å². The van der Waals surface area contributed by atoms with Crippen molar-refractivity contribution in [3.05, 3.63) is 76.7 Å². The molecule has 2 heterocycles. The van der Waals surface area contributed by atoms with Gasteiger partial charge in [-0.2, -0.15) is 0 Å². The average Bonchev–Trinajstić information content (AvgIpc) is 3.22. The zero-order valence-corrected chi connectivity index (χ0v) is 20.4. The summed E-state index contributed by atoms with van der Waals surface area (Å²) in [6.45, 7) is 5.65. The number of carbonyl (C=O) groups excluding carboxylic acids is 1. The largest absolute Gasteiger partial charge is 0.497 e. The molecule has 1 aliphatic rings. The Balaban J connectivity index is 1.85. The van der Waals surface area contributed by atoms with E-state index in [1.54, 1.807) is 33.3 Å². The highest BCUT2D eigenvalue weighted by Crippen LogP contribution is 2.37. The number of rotatable bonds is 6. The van der Waals surface area contributed by atoms with Crippen LogP contribution in [0, 0.1) is 13.8 Å². The van der Waals surface area contributed by atoms with Gasteiger partial charge in [-0.1, -0.05) is 17.3 Å². The van der Waals surface area contributed by atoms with Crippen LogP contribution in [0.3, 0.4) is 0 Å². The normalized spacial score (nSPS) is 15.7. The maximum atomic E-state index is 13.6.